The summed E-state index contributed by atoms with van der Waals surface area (Å²) < 4.78 is 0. The molecule has 110 valence electrons. The topological polar surface area (TPSA) is 29.3 Å². The molecule has 0 aliphatic carbocycles. The van der Waals surface area contributed by atoms with Gasteiger partial charge in [0, 0.05) is 0 Å². The van der Waals surface area contributed by atoms with Gasteiger partial charge in [-0.05, 0) is 67.7 Å². The summed E-state index contributed by atoms with van der Waals surface area (Å²) in [5, 5.41) is 0.622. The van der Waals surface area contributed by atoms with E-state index < -0.39 is 0 Å². The van der Waals surface area contributed by atoms with Gasteiger partial charge in [0.15, 0.2) is 0 Å². The standard InChI is InChI=1S/C18H21ClN2/c1-21-9-7-13(8-10-21)14-3-2-4-15(11-14)16-5-6-18(20)17(19)12-16/h2-6,11-13H,7-10,20H2,1H3. The smallest absolute Gasteiger partial charge is 0.0641 e. The summed E-state index contributed by atoms with van der Waals surface area (Å²) in [6, 6.07) is 14.7. The van der Waals surface area contributed by atoms with Crippen molar-refractivity contribution in [2.24, 2.45) is 0 Å². The molecule has 1 saturated heterocycles. The summed E-state index contributed by atoms with van der Waals surface area (Å²) in [7, 11) is 2.20. The number of piperidine rings is 1. The van der Waals surface area contributed by atoms with Crippen LogP contribution in [0.3, 0.4) is 0 Å². The zero-order valence-corrected chi connectivity index (χ0v) is 13.1. The first-order valence-electron chi connectivity index (χ1n) is 7.47. The number of nitrogens with two attached hydrogens (primary N) is 1. The Morgan fingerprint density at radius 3 is 2.48 bits per heavy atom. The van der Waals surface area contributed by atoms with Gasteiger partial charge in [-0.2, -0.15) is 0 Å². The van der Waals surface area contributed by atoms with E-state index in [0.29, 0.717) is 16.6 Å². The SMILES string of the molecule is CN1CCC(c2cccc(-c3ccc(N)c(Cl)c3)c2)CC1. The van der Waals surface area contributed by atoms with Crippen LogP contribution in [-0.4, -0.2) is 25.0 Å². The molecule has 0 radical (unpaired) electrons. The molecule has 1 heterocycles. The van der Waals surface area contributed by atoms with E-state index in [9.17, 15) is 0 Å². The van der Waals surface area contributed by atoms with Crippen LogP contribution >= 0.6 is 11.6 Å². The minimum absolute atomic E-state index is 0.622. The monoisotopic (exact) mass is 300 g/mol. The minimum atomic E-state index is 0.622. The molecule has 0 bridgehead atoms. The fourth-order valence-electron chi connectivity index (χ4n) is 3.02. The zero-order chi connectivity index (χ0) is 14.8. The normalized spacial score (nSPS) is 17.0. The van der Waals surface area contributed by atoms with Crippen LogP contribution in [0.2, 0.25) is 5.02 Å². The summed E-state index contributed by atoms with van der Waals surface area (Å²) in [6.07, 6.45) is 2.48. The van der Waals surface area contributed by atoms with Crippen molar-refractivity contribution in [3.63, 3.8) is 0 Å². The lowest BCUT2D eigenvalue weighted by Gasteiger charge is -2.29. The van der Waals surface area contributed by atoms with E-state index >= 15 is 0 Å². The van der Waals surface area contributed by atoms with Gasteiger partial charge < -0.3 is 10.6 Å². The number of hydrogen-bond acceptors (Lipinski definition) is 2. The van der Waals surface area contributed by atoms with Gasteiger partial charge in [-0.3, -0.25) is 0 Å². The van der Waals surface area contributed by atoms with Crippen LogP contribution in [0.5, 0.6) is 0 Å². The van der Waals surface area contributed by atoms with Crippen LogP contribution in [0.1, 0.15) is 24.3 Å². The van der Waals surface area contributed by atoms with Crippen molar-refractivity contribution in [2.75, 3.05) is 25.9 Å². The fraction of sp³-hybridized carbons (Fsp3) is 0.333. The van der Waals surface area contributed by atoms with Crippen molar-refractivity contribution in [1.82, 2.24) is 4.90 Å². The molecule has 1 fully saturated rings. The first-order valence-corrected chi connectivity index (χ1v) is 7.85. The lowest BCUT2D eigenvalue weighted by atomic mass is 9.88. The van der Waals surface area contributed by atoms with Crippen molar-refractivity contribution in [2.45, 2.75) is 18.8 Å². The van der Waals surface area contributed by atoms with Crippen molar-refractivity contribution in [1.29, 1.82) is 0 Å². The summed E-state index contributed by atoms with van der Waals surface area (Å²) in [5.41, 5.74) is 10.2. The van der Waals surface area contributed by atoms with E-state index in [1.165, 1.54) is 37.1 Å². The molecule has 3 heteroatoms. The maximum Gasteiger partial charge on any atom is 0.0641 e. The highest BCUT2D eigenvalue weighted by molar-refractivity contribution is 6.33. The second-order valence-corrected chi connectivity index (χ2v) is 6.35. The molecule has 0 aromatic heterocycles. The third-order valence-corrected chi connectivity index (χ3v) is 4.74. The molecule has 2 aromatic rings. The molecule has 2 nitrogen and oxygen atoms in total. The number of nitrogens with zero attached hydrogens (tertiary/aromatic N) is 1. The summed E-state index contributed by atoms with van der Waals surface area (Å²) >= 11 is 6.14. The second kappa shape index (κ2) is 6.08. The van der Waals surface area contributed by atoms with Crippen LogP contribution in [0.25, 0.3) is 11.1 Å². The van der Waals surface area contributed by atoms with Crippen molar-refractivity contribution >= 4 is 17.3 Å². The van der Waals surface area contributed by atoms with E-state index in [1.807, 2.05) is 18.2 Å². The Labute approximate surface area is 131 Å². The molecule has 1 aliphatic rings. The van der Waals surface area contributed by atoms with E-state index in [-0.39, 0.29) is 0 Å². The van der Waals surface area contributed by atoms with Crippen LogP contribution in [0, 0.1) is 0 Å². The third-order valence-electron chi connectivity index (χ3n) is 4.41. The Hall–Kier alpha value is -1.51. The maximum absolute atomic E-state index is 6.14. The Kier molecular flexibility index (Phi) is 4.18. The van der Waals surface area contributed by atoms with E-state index in [1.54, 1.807) is 0 Å². The average Bonchev–Trinajstić information content (AvgIpc) is 2.51. The Morgan fingerprint density at radius 1 is 1.05 bits per heavy atom. The first-order chi connectivity index (χ1) is 10.1. The molecule has 0 atom stereocenters. The van der Waals surface area contributed by atoms with Gasteiger partial charge in [0.2, 0.25) is 0 Å². The van der Waals surface area contributed by atoms with Crippen LogP contribution in [0.15, 0.2) is 42.5 Å². The molecular weight excluding hydrogens is 280 g/mol. The molecule has 3 rings (SSSR count). The van der Waals surface area contributed by atoms with Crippen LogP contribution in [-0.2, 0) is 0 Å². The predicted octanol–water partition coefficient (Wildman–Crippen LogP) is 4.40. The van der Waals surface area contributed by atoms with E-state index in [0.717, 1.165) is 5.56 Å². The average molecular weight is 301 g/mol. The molecule has 2 aromatic carbocycles. The van der Waals surface area contributed by atoms with Crippen molar-refractivity contribution in [3.05, 3.63) is 53.1 Å². The molecule has 0 amide bonds. The quantitative estimate of drug-likeness (QED) is 0.833. The number of halogens is 1. The summed E-state index contributed by atoms with van der Waals surface area (Å²) in [6.45, 7) is 2.37. The number of anilines is 1. The third kappa shape index (κ3) is 3.22. The highest BCUT2D eigenvalue weighted by Gasteiger charge is 2.18. The Morgan fingerprint density at radius 2 is 1.76 bits per heavy atom. The molecule has 0 spiro atoms. The lowest BCUT2D eigenvalue weighted by molar-refractivity contribution is 0.255. The lowest BCUT2D eigenvalue weighted by Crippen LogP contribution is -2.29. The molecular formula is C18H21ClN2. The highest BCUT2D eigenvalue weighted by Crippen LogP contribution is 2.32. The van der Waals surface area contributed by atoms with Gasteiger partial charge in [0.05, 0.1) is 10.7 Å². The maximum atomic E-state index is 6.14. The van der Waals surface area contributed by atoms with Gasteiger partial charge in [-0.1, -0.05) is 41.9 Å². The Bertz CT molecular complexity index is 631. The minimum Gasteiger partial charge on any atom is -0.398 e. The molecule has 2 N–H and O–H groups in total. The largest absolute Gasteiger partial charge is 0.398 e. The first kappa shape index (κ1) is 14.4. The molecule has 21 heavy (non-hydrogen) atoms. The van der Waals surface area contributed by atoms with Crippen molar-refractivity contribution in [3.8, 4) is 11.1 Å². The van der Waals surface area contributed by atoms with Gasteiger partial charge in [-0.15, -0.1) is 0 Å². The summed E-state index contributed by atoms with van der Waals surface area (Å²) in [4.78, 5) is 2.40. The predicted molar refractivity (Wildman–Crippen MR) is 90.8 cm³/mol. The van der Waals surface area contributed by atoms with Gasteiger partial charge in [0.1, 0.15) is 0 Å². The van der Waals surface area contributed by atoms with E-state index in [4.69, 9.17) is 17.3 Å². The van der Waals surface area contributed by atoms with Gasteiger partial charge in [0.25, 0.3) is 0 Å². The van der Waals surface area contributed by atoms with Gasteiger partial charge in [-0.25, -0.2) is 0 Å². The number of rotatable bonds is 2. The van der Waals surface area contributed by atoms with Crippen LogP contribution < -0.4 is 5.73 Å². The number of nitrogen functional groups attached to an aromatic ring is 1. The molecule has 0 unspecified atom stereocenters. The Balaban J connectivity index is 1.87. The molecule has 1 aliphatic heterocycles. The highest BCUT2D eigenvalue weighted by atomic mass is 35.5. The summed E-state index contributed by atoms with van der Waals surface area (Å²) in [5.74, 6) is 0.672. The number of benzene rings is 2. The molecule has 0 saturated carbocycles. The number of likely N-dealkylation sites (tertiary alicyclic amines) is 1. The fourth-order valence-corrected chi connectivity index (χ4v) is 3.20. The number of hydrogen-bond donors (Lipinski definition) is 1. The van der Waals surface area contributed by atoms with Crippen LogP contribution in [0.4, 0.5) is 5.69 Å². The zero-order valence-electron chi connectivity index (χ0n) is 12.3. The second-order valence-electron chi connectivity index (χ2n) is 5.94. The van der Waals surface area contributed by atoms with E-state index in [2.05, 4.69) is 36.2 Å². The van der Waals surface area contributed by atoms with Crippen molar-refractivity contribution < 1.29 is 0 Å². The van der Waals surface area contributed by atoms with Gasteiger partial charge >= 0.3 is 0 Å².